The van der Waals surface area contributed by atoms with Crippen molar-refractivity contribution < 1.29 is 9.53 Å². The van der Waals surface area contributed by atoms with Gasteiger partial charge >= 0.3 is 5.97 Å². The maximum absolute atomic E-state index is 11.8. The van der Waals surface area contributed by atoms with Gasteiger partial charge in [-0.15, -0.1) is 0 Å². The molecule has 2 heteroatoms. The van der Waals surface area contributed by atoms with Gasteiger partial charge in [-0.2, -0.15) is 0 Å². The summed E-state index contributed by atoms with van der Waals surface area (Å²) >= 11 is 0. The van der Waals surface area contributed by atoms with Gasteiger partial charge in [-0.05, 0) is 104 Å². The SMILES string of the molecule is C=CC(=O)O[C@H]1CC[C@@]2(C)C(=CC[C@H]3[C@@H]4CC[C@H]([C@H](C)CC[C@@H](CC)C(C)C)[C@@]4(C)CC[C@@H]32)C1. The number of fused-ring (bicyclic) bond motifs is 5. The average Bonchev–Trinajstić information content (AvgIpc) is 3.16. The van der Waals surface area contributed by atoms with Gasteiger partial charge in [-0.25, -0.2) is 4.79 Å². The van der Waals surface area contributed by atoms with E-state index >= 15 is 0 Å². The highest BCUT2D eigenvalue weighted by molar-refractivity contribution is 5.81. The summed E-state index contributed by atoms with van der Waals surface area (Å²) in [7, 11) is 0. The number of esters is 1. The molecule has 4 aliphatic carbocycles. The molecule has 192 valence electrons. The zero-order valence-corrected chi connectivity index (χ0v) is 23.1. The van der Waals surface area contributed by atoms with Gasteiger partial charge in [0.05, 0.1) is 0 Å². The first-order valence-electron chi connectivity index (χ1n) is 14.7. The molecule has 3 saturated carbocycles. The number of carbonyl (C=O) groups excluding carboxylic acids is 1. The van der Waals surface area contributed by atoms with Crippen LogP contribution in [0, 0.1) is 52.3 Å². The first-order chi connectivity index (χ1) is 16.1. The van der Waals surface area contributed by atoms with E-state index in [0.29, 0.717) is 10.8 Å². The monoisotopic (exact) mass is 468 g/mol. The van der Waals surface area contributed by atoms with Crippen molar-refractivity contribution in [3.05, 3.63) is 24.3 Å². The van der Waals surface area contributed by atoms with Gasteiger partial charge in [-0.3, -0.25) is 0 Å². The van der Waals surface area contributed by atoms with Crippen LogP contribution >= 0.6 is 0 Å². The Labute approximate surface area is 210 Å². The summed E-state index contributed by atoms with van der Waals surface area (Å²) in [6.07, 6.45) is 18.2. The maximum Gasteiger partial charge on any atom is 0.330 e. The number of hydrogen-bond acceptors (Lipinski definition) is 2. The molecule has 0 spiro atoms. The Morgan fingerprint density at radius 1 is 1.12 bits per heavy atom. The van der Waals surface area contributed by atoms with E-state index in [2.05, 4.69) is 54.2 Å². The number of carbonyl (C=O) groups is 1. The molecule has 4 aliphatic rings. The van der Waals surface area contributed by atoms with Crippen LogP contribution in [0.15, 0.2) is 24.3 Å². The van der Waals surface area contributed by atoms with E-state index in [0.717, 1.165) is 54.3 Å². The van der Waals surface area contributed by atoms with Crippen molar-refractivity contribution in [3.8, 4) is 0 Å². The molecule has 4 rings (SSSR count). The first-order valence-corrected chi connectivity index (χ1v) is 14.7. The predicted molar refractivity (Wildman–Crippen MR) is 142 cm³/mol. The zero-order valence-electron chi connectivity index (χ0n) is 23.1. The topological polar surface area (TPSA) is 26.3 Å². The van der Waals surface area contributed by atoms with E-state index in [1.54, 1.807) is 5.57 Å². The number of hydrogen-bond donors (Lipinski definition) is 0. The van der Waals surface area contributed by atoms with Crippen LogP contribution in [0.25, 0.3) is 0 Å². The molecular weight excluding hydrogens is 416 g/mol. The Balaban J connectivity index is 1.45. The number of rotatable bonds is 8. The van der Waals surface area contributed by atoms with E-state index in [-0.39, 0.29) is 12.1 Å². The van der Waals surface area contributed by atoms with Gasteiger partial charge in [0.15, 0.2) is 0 Å². The van der Waals surface area contributed by atoms with Gasteiger partial charge < -0.3 is 4.74 Å². The van der Waals surface area contributed by atoms with Crippen LogP contribution in [-0.4, -0.2) is 12.1 Å². The molecule has 0 heterocycles. The molecule has 0 bridgehead atoms. The van der Waals surface area contributed by atoms with Crippen molar-refractivity contribution >= 4 is 5.97 Å². The van der Waals surface area contributed by atoms with Crippen molar-refractivity contribution in [2.45, 2.75) is 118 Å². The highest BCUT2D eigenvalue weighted by atomic mass is 16.5. The normalized spacial score (nSPS) is 41.0. The lowest BCUT2D eigenvalue weighted by Gasteiger charge is -2.58. The summed E-state index contributed by atoms with van der Waals surface area (Å²) < 4.78 is 5.66. The molecular formula is C32H52O2. The largest absolute Gasteiger partial charge is 0.459 e. The molecule has 0 aromatic carbocycles. The van der Waals surface area contributed by atoms with Crippen LogP contribution in [0.5, 0.6) is 0 Å². The highest BCUT2D eigenvalue weighted by Crippen LogP contribution is 2.67. The van der Waals surface area contributed by atoms with Gasteiger partial charge in [-0.1, -0.05) is 72.6 Å². The minimum atomic E-state index is -0.263. The molecule has 0 saturated heterocycles. The molecule has 0 aromatic rings. The third kappa shape index (κ3) is 4.57. The summed E-state index contributed by atoms with van der Waals surface area (Å²) in [5, 5.41) is 0. The molecule has 34 heavy (non-hydrogen) atoms. The summed E-state index contributed by atoms with van der Waals surface area (Å²) in [6.45, 7) is 18.6. The number of allylic oxidation sites excluding steroid dienone is 1. The summed E-state index contributed by atoms with van der Waals surface area (Å²) in [6, 6.07) is 0. The third-order valence-corrected chi connectivity index (χ3v) is 11.7. The lowest BCUT2D eigenvalue weighted by Crippen LogP contribution is -2.51. The van der Waals surface area contributed by atoms with Gasteiger partial charge in [0.25, 0.3) is 0 Å². The Hall–Kier alpha value is -1.05. The van der Waals surface area contributed by atoms with Crippen LogP contribution in [0.1, 0.15) is 112 Å². The average molecular weight is 469 g/mol. The minimum absolute atomic E-state index is 0.0460. The lowest BCUT2D eigenvalue weighted by molar-refractivity contribution is -0.145. The van der Waals surface area contributed by atoms with E-state index < -0.39 is 0 Å². The van der Waals surface area contributed by atoms with Gasteiger partial charge in [0.1, 0.15) is 6.10 Å². The van der Waals surface area contributed by atoms with Crippen LogP contribution in [0.4, 0.5) is 0 Å². The molecule has 9 atom stereocenters. The molecule has 0 aliphatic heterocycles. The summed E-state index contributed by atoms with van der Waals surface area (Å²) in [5.41, 5.74) is 2.45. The van der Waals surface area contributed by atoms with Crippen molar-refractivity contribution in [1.29, 1.82) is 0 Å². The fourth-order valence-electron chi connectivity index (χ4n) is 9.60. The second-order valence-corrected chi connectivity index (χ2v) is 13.5. The Morgan fingerprint density at radius 3 is 2.56 bits per heavy atom. The lowest BCUT2D eigenvalue weighted by atomic mass is 9.47. The second kappa shape index (κ2) is 10.1. The summed E-state index contributed by atoms with van der Waals surface area (Å²) in [5.74, 6) is 5.80. The molecule has 0 radical (unpaired) electrons. The number of ether oxygens (including phenoxy) is 1. The van der Waals surface area contributed by atoms with Crippen molar-refractivity contribution in [2.75, 3.05) is 0 Å². The maximum atomic E-state index is 11.8. The van der Waals surface area contributed by atoms with Crippen LogP contribution in [-0.2, 0) is 9.53 Å². The molecule has 0 N–H and O–H groups in total. The Kier molecular flexibility index (Phi) is 7.76. The van der Waals surface area contributed by atoms with Crippen LogP contribution in [0.3, 0.4) is 0 Å². The fourth-order valence-corrected chi connectivity index (χ4v) is 9.60. The molecule has 3 fully saturated rings. The minimum Gasteiger partial charge on any atom is -0.459 e. The summed E-state index contributed by atoms with van der Waals surface area (Å²) in [4.78, 5) is 11.8. The molecule has 0 aromatic heterocycles. The van der Waals surface area contributed by atoms with E-state index in [1.807, 2.05) is 0 Å². The van der Waals surface area contributed by atoms with Crippen molar-refractivity contribution in [1.82, 2.24) is 0 Å². The van der Waals surface area contributed by atoms with E-state index in [9.17, 15) is 4.79 Å². The Bertz CT molecular complexity index is 780. The second-order valence-electron chi connectivity index (χ2n) is 13.5. The zero-order chi connectivity index (χ0) is 24.7. The van der Waals surface area contributed by atoms with Crippen molar-refractivity contribution in [3.63, 3.8) is 0 Å². The van der Waals surface area contributed by atoms with Gasteiger partial charge in [0.2, 0.25) is 0 Å². The highest BCUT2D eigenvalue weighted by Gasteiger charge is 2.59. The van der Waals surface area contributed by atoms with Crippen LogP contribution in [0.2, 0.25) is 0 Å². The predicted octanol–water partition coefficient (Wildman–Crippen LogP) is 8.76. The van der Waals surface area contributed by atoms with Crippen LogP contribution < -0.4 is 0 Å². The Morgan fingerprint density at radius 2 is 1.88 bits per heavy atom. The quantitative estimate of drug-likeness (QED) is 0.202. The standard InChI is InChI=1S/C32H52O2/c1-8-23(21(3)4)11-10-22(5)27-14-15-28-26-13-12-24-20-25(34-30(33)9-2)16-18-31(24,6)29(26)17-19-32(27,28)7/h9,12,21-23,25-29H,2,8,10-11,13-20H2,1,3-7H3/t22-,23-,25+,26+,27-,28+,29+,31+,32-/m1/s1. The van der Waals surface area contributed by atoms with E-state index in [1.165, 1.54) is 63.9 Å². The smallest absolute Gasteiger partial charge is 0.330 e. The molecule has 0 amide bonds. The van der Waals surface area contributed by atoms with Crippen molar-refractivity contribution in [2.24, 2.45) is 52.3 Å². The third-order valence-electron chi connectivity index (χ3n) is 11.7. The fraction of sp³-hybridized carbons (Fsp3) is 0.844. The van der Waals surface area contributed by atoms with Gasteiger partial charge in [0, 0.05) is 12.5 Å². The van der Waals surface area contributed by atoms with E-state index in [4.69, 9.17) is 4.74 Å². The molecule has 0 unspecified atom stereocenters. The molecule has 2 nitrogen and oxygen atoms in total. The first kappa shape index (κ1) is 26.0.